The maximum absolute atomic E-state index is 4.90. The molecular formula is C16H30N2S. The molecule has 0 radical (unpaired) electrons. The highest BCUT2D eigenvalue weighted by Gasteiger charge is 2.23. The SMILES string of the molecule is CC(C)CNCc1sc(CC(C)C)nc1C(C)(C)C. The summed E-state index contributed by atoms with van der Waals surface area (Å²) in [6, 6.07) is 0. The van der Waals surface area contributed by atoms with Gasteiger partial charge in [-0.25, -0.2) is 4.98 Å². The molecule has 1 aromatic heterocycles. The molecule has 0 atom stereocenters. The van der Waals surface area contributed by atoms with E-state index in [9.17, 15) is 0 Å². The fourth-order valence-electron chi connectivity index (χ4n) is 2.02. The van der Waals surface area contributed by atoms with E-state index >= 15 is 0 Å². The van der Waals surface area contributed by atoms with Crippen molar-refractivity contribution in [3.05, 3.63) is 15.6 Å². The topological polar surface area (TPSA) is 24.9 Å². The molecule has 1 heterocycles. The molecule has 2 nitrogen and oxygen atoms in total. The molecule has 19 heavy (non-hydrogen) atoms. The summed E-state index contributed by atoms with van der Waals surface area (Å²) in [7, 11) is 0. The van der Waals surface area contributed by atoms with Crippen LogP contribution in [0.15, 0.2) is 0 Å². The van der Waals surface area contributed by atoms with Crippen LogP contribution in [0.3, 0.4) is 0 Å². The monoisotopic (exact) mass is 282 g/mol. The Hall–Kier alpha value is -0.410. The largest absolute Gasteiger partial charge is 0.312 e. The van der Waals surface area contributed by atoms with Gasteiger partial charge in [-0.1, -0.05) is 48.5 Å². The van der Waals surface area contributed by atoms with Crippen molar-refractivity contribution in [3.63, 3.8) is 0 Å². The quantitative estimate of drug-likeness (QED) is 0.837. The summed E-state index contributed by atoms with van der Waals surface area (Å²) < 4.78 is 0. The maximum atomic E-state index is 4.90. The van der Waals surface area contributed by atoms with Crippen LogP contribution in [-0.4, -0.2) is 11.5 Å². The lowest BCUT2D eigenvalue weighted by molar-refractivity contribution is 0.533. The van der Waals surface area contributed by atoms with Crippen molar-refractivity contribution in [2.45, 2.75) is 66.8 Å². The Labute approximate surface area is 123 Å². The van der Waals surface area contributed by atoms with Gasteiger partial charge in [-0.15, -0.1) is 11.3 Å². The molecule has 0 aliphatic heterocycles. The van der Waals surface area contributed by atoms with Crippen LogP contribution >= 0.6 is 11.3 Å². The third-order valence-electron chi connectivity index (χ3n) is 2.87. The van der Waals surface area contributed by atoms with Gasteiger partial charge in [0, 0.05) is 23.3 Å². The van der Waals surface area contributed by atoms with Crippen LogP contribution in [0.2, 0.25) is 0 Å². The average Bonchev–Trinajstić information content (AvgIpc) is 2.59. The van der Waals surface area contributed by atoms with Crippen molar-refractivity contribution in [3.8, 4) is 0 Å². The van der Waals surface area contributed by atoms with E-state index in [1.807, 2.05) is 11.3 Å². The molecule has 0 spiro atoms. The molecule has 0 aliphatic carbocycles. The van der Waals surface area contributed by atoms with Crippen molar-refractivity contribution < 1.29 is 0 Å². The molecule has 110 valence electrons. The summed E-state index contributed by atoms with van der Waals surface area (Å²) in [5.41, 5.74) is 1.42. The van der Waals surface area contributed by atoms with E-state index in [4.69, 9.17) is 4.98 Å². The summed E-state index contributed by atoms with van der Waals surface area (Å²) in [6.07, 6.45) is 1.10. The molecule has 1 aromatic rings. The van der Waals surface area contributed by atoms with Crippen molar-refractivity contribution in [2.75, 3.05) is 6.54 Å². The standard InChI is InChI=1S/C16H30N2S/c1-11(2)8-14-18-15(16(5,6)7)13(19-14)10-17-9-12(3)4/h11-12,17H,8-10H2,1-7H3. The molecule has 0 fully saturated rings. The highest BCUT2D eigenvalue weighted by Crippen LogP contribution is 2.30. The fourth-order valence-corrected chi connectivity index (χ4v) is 3.48. The van der Waals surface area contributed by atoms with Crippen molar-refractivity contribution >= 4 is 11.3 Å². The van der Waals surface area contributed by atoms with Crippen LogP contribution in [0, 0.1) is 11.8 Å². The molecule has 0 aromatic carbocycles. The first-order chi connectivity index (χ1) is 8.70. The van der Waals surface area contributed by atoms with Crippen LogP contribution in [0.1, 0.15) is 64.0 Å². The van der Waals surface area contributed by atoms with E-state index in [1.165, 1.54) is 15.6 Å². The van der Waals surface area contributed by atoms with E-state index in [1.54, 1.807) is 0 Å². The molecule has 0 saturated heterocycles. The van der Waals surface area contributed by atoms with E-state index < -0.39 is 0 Å². The summed E-state index contributed by atoms with van der Waals surface area (Å²) in [5.74, 6) is 1.37. The van der Waals surface area contributed by atoms with E-state index in [0.717, 1.165) is 19.5 Å². The third kappa shape index (κ3) is 5.62. The summed E-state index contributed by atoms with van der Waals surface area (Å²) in [5, 5.41) is 4.84. The van der Waals surface area contributed by atoms with E-state index in [-0.39, 0.29) is 5.41 Å². The van der Waals surface area contributed by atoms with Gasteiger partial charge in [-0.2, -0.15) is 0 Å². The van der Waals surface area contributed by atoms with Crippen LogP contribution in [0.25, 0.3) is 0 Å². The van der Waals surface area contributed by atoms with Crippen LogP contribution < -0.4 is 5.32 Å². The first-order valence-corrected chi connectivity index (χ1v) is 8.21. The summed E-state index contributed by atoms with van der Waals surface area (Å²) in [4.78, 5) is 6.32. The Kier molecular flexibility index (Phi) is 6.00. The number of nitrogens with zero attached hydrogens (tertiary/aromatic N) is 1. The Balaban J connectivity index is 2.84. The Morgan fingerprint density at radius 2 is 1.74 bits per heavy atom. The Morgan fingerprint density at radius 1 is 1.11 bits per heavy atom. The first-order valence-electron chi connectivity index (χ1n) is 7.40. The van der Waals surface area contributed by atoms with Crippen LogP contribution in [0.4, 0.5) is 0 Å². The average molecular weight is 282 g/mol. The number of hydrogen-bond acceptors (Lipinski definition) is 3. The second-order valence-corrected chi connectivity index (χ2v) is 8.42. The molecule has 1 N–H and O–H groups in total. The normalized spacial score (nSPS) is 12.7. The van der Waals surface area contributed by atoms with Crippen molar-refractivity contribution in [1.29, 1.82) is 0 Å². The van der Waals surface area contributed by atoms with Gasteiger partial charge in [0.1, 0.15) is 0 Å². The summed E-state index contributed by atoms with van der Waals surface area (Å²) >= 11 is 1.89. The third-order valence-corrected chi connectivity index (χ3v) is 3.95. The second kappa shape index (κ2) is 6.85. The Bertz CT molecular complexity index is 386. The molecule has 0 unspecified atom stereocenters. The Morgan fingerprint density at radius 3 is 2.21 bits per heavy atom. The number of thiazole rings is 1. The smallest absolute Gasteiger partial charge is 0.0934 e. The summed E-state index contributed by atoms with van der Waals surface area (Å²) in [6.45, 7) is 17.8. The number of hydrogen-bond donors (Lipinski definition) is 1. The zero-order valence-electron chi connectivity index (χ0n) is 13.6. The van der Waals surface area contributed by atoms with Crippen molar-refractivity contribution in [2.24, 2.45) is 11.8 Å². The molecule has 0 bridgehead atoms. The van der Waals surface area contributed by atoms with Crippen LogP contribution in [-0.2, 0) is 18.4 Å². The lowest BCUT2D eigenvalue weighted by Gasteiger charge is -2.18. The molecular weight excluding hydrogens is 252 g/mol. The zero-order valence-corrected chi connectivity index (χ0v) is 14.4. The number of nitrogens with one attached hydrogen (secondary N) is 1. The minimum atomic E-state index is 0.139. The highest BCUT2D eigenvalue weighted by atomic mass is 32.1. The lowest BCUT2D eigenvalue weighted by atomic mass is 9.91. The van der Waals surface area contributed by atoms with Gasteiger partial charge in [0.25, 0.3) is 0 Å². The number of rotatable bonds is 6. The van der Waals surface area contributed by atoms with Gasteiger partial charge >= 0.3 is 0 Å². The fraction of sp³-hybridized carbons (Fsp3) is 0.812. The van der Waals surface area contributed by atoms with Gasteiger partial charge in [-0.3, -0.25) is 0 Å². The molecule has 1 rings (SSSR count). The van der Waals surface area contributed by atoms with Gasteiger partial charge in [0.2, 0.25) is 0 Å². The van der Waals surface area contributed by atoms with Gasteiger partial charge < -0.3 is 5.32 Å². The van der Waals surface area contributed by atoms with Gasteiger partial charge in [0.05, 0.1) is 10.7 Å². The molecule has 0 amide bonds. The predicted molar refractivity (Wildman–Crippen MR) is 85.9 cm³/mol. The molecule has 0 aliphatic rings. The van der Waals surface area contributed by atoms with E-state index in [2.05, 4.69) is 53.8 Å². The minimum absolute atomic E-state index is 0.139. The number of aromatic nitrogens is 1. The molecule has 0 saturated carbocycles. The van der Waals surface area contributed by atoms with Crippen LogP contribution in [0.5, 0.6) is 0 Å². The van der Waals surface area contributed by atoms with E-state index in [0.29, 0.717) is 11.8 Å². The van der Waals surface area contributed by atoms with Crippen molar-refractivity contribution in [1.82, 2.24) is 10.3 Å². The zero-order chi connectivity index (χ0) is 14.6. The highest BCUT2D eigenvalue weighted by molar-refractivity contribution is 7.11. The molecule has 3 heteroatoms. The van der Waals surface area contributed by atoms with Gasteiger partial charge in [-0.05, 0) is 18.4 Å². The lowest BCUT2D eigenvalue weighted by Crippen LogP contribution is -2.21. The predicted octanol–water partition coefficient (Wildman–Crippen LogP) is 4.38. The maximum Gasteiger partial charge on any atom is 0.0934 e. The second-order valence-electron chi connectivity index (χ2n) is 7.25. The van der Waals surface area contributed by atoms with Gasteiger partial charge in [0.15, 0.2) is 0 Å². The first kappa shape index (κ1) is 16.6. The minimum Gasteiger partial charge on any atom is -0.312 e.